The van der Waals surface area contributed by atoms with Crippen LogP contribution >= 0.6 is 0 Å². The van der Waals surface area contributed by atoms with Crippen molar-refractivity contribution in [3.05, 3.63) is 72.4 Å². The third kappa shape index (κ3) is 3.75. The van der Waals surface area contributed by atoms with Gasteiger partial charge in [-0.1, -0.05) is 42.5 Å². The molecule has 0 aliphatic carbocycles. The Kier molecular flexibility index (Phi) is 5.01. The molecule has 1 heterocycles. The summed E-state index contributed by atoms with van der Waals surface area (Å²) in [7, 11) is 1.67. The molecular weight excluding hydrogens is 246 g/mol. The highest BCUT2D eigenvalue weighted by atomic mass is 16.5. The number of allylic oxidation sites excluding steroid dienone is 1. The first kappa shape index (κ1) is 13.9. The van der Waals surface area contributed by atoms with Crippen LogP contribution in [0.15, 0.2) is 66.9 Å². The van der Waals surface area contributed by atoms with Crippen molar-refractivity contribution in [1.82, 2.24) is 4.98 Å². The Hall–Kier alpha value is -2.48. The lowest BCUT2D eigenvalue weighted by atomic mass is 10.2. The van der Waals surface area contributed by atoms with Gasteiger partial charge in [-0.05, 0) is 42.1 Å². The summed E-state index contributed by atoms with van der Waals surface area (Å²) < 4.78 is 5.02. The molecule has 0 aliphatic rings. The number of ether oxygens (including phenoxy) is 1. The second-order valence-corrected chi connectivity index (χ2v) is 4.34. The molecule has 0 atom stereocenters. The van der Waals surface area contributed by atoms with Gasteiger partial charge in [0.1, 0.15) is 5.75 Å². The van der Waals surface area contributed by atoms with Gasteiger partial charge in [-0.15, -0.1) is 0 Å². The van der Waals surface area contributed by atoms with Crippen LogP contribution in [0.3, 0.4) is 0 Å². The number of rotatable bonds is 2. The maximum atomic E-state index is 5.02. The molecule has 0 aliphatic heterocycles. The number of hydrogen-bond donors (Lipinski definition) is 1. The van der Waals surface area contributed by atoms with Crippen LogP contribution in [-0.4, -0.2) is 12.1 Å². The Bertz CT molecular complexity index is 635. The zero-order chi connectivity index (χ0) is 14.2. The lowest BCUT2D eigenvalue weighted by Crippen LogP contribution is -1.80. The van der Waals surface area contributed by atoms with Crippen molar-refractivity contribution in [3.63, 3.8) is 0 Å². The minimum atomic E-state index is 0.901. The van der Waals surface area contributed by atoms with Crippen LogP contribution in [0.5, 0.6) is 5.75 Å². The van der Waals surface area contributed by atoms with Gasteiger partial charge in [0.15, 0.2) is 0 Å². The van der Waals surface area contributed by atoms with Gasteiger partial charge in [0.25, 0.3) is 0 Å². The molecule has 1 aromatic heterocycles. The Labute approximate surface area is 119 Å². The molecule has 0 unspecified atom stereocenters. The molecule has 0 amide bonds. The Morgan fingerprint density at radius 3 is 2.35 bits per heavy atom. The van der Waals surface area contributed by atoms with Crippen molar-refractivity contribution in [2.75, 3.05) is 7.11 Å². The lowest BCUT2D eigenvalue weighted by molar-refractivity contribution is 0.415. The van der Waals surface area contributed by atoms with Crippen LogP contribution in [0.4, 0.5) is 0 Å². The van der Waals surface area contributed by atoms with Gasteiger partial charge in [-0.25, -0.2) is 0 Å². The molecule has 0 bridgehead atoms. The fourth-order valence-electron chi connectivity index (χ4n) is 1.90. The molecule has 0 spiro atoms. The van der Waals surface area contributed by atoms with Crippen LogP contribution in [0.1, 0.15) is 12.5 Å². The Morgan fingerprint density at radius 1 is 0.950 bits per heavy atom. The van der Waals surface area contributed by atoms with E-state index in [1.165, 1.54) is 16.5 Å². The second-order valence-electron chi connectivity index (χ2n) is 4.34. The van der Waals surface area contributed by atoms with Crippen LogP contribution < -0.4 is 4.74 Å². The minimum absolute atomic E-state index is 0.901. The van der Waals surface area contributed by atoms with Gasteiger partial charge in [0.05, 0.1) is 7.11 Å². The number of methoxy groups -OCH3 is 1. The average Bonchev–Trinajstić information content (AvgIpc) is 2.97. The number of nitrogens with one attached hydrogen (secondary N) is 1. The largest absolute Gasteiger partial charge is 0.497 e. The van der Waals surface area contributed by atoms with Crippen LogP contribution in [-0.2, 0) is 0 Å². The molecule has 0 fully saturated rings. The summed E-state index contributed by atoms with van der Waals surface area (Å²) in [6.45, 7) is 2.00. The summed E-state index contributed by atoms with van der Waals surface area (Å²) in [6.07, 6.45) is 6.02. The standard InChI is InChI=1S/C10H12O.C8H7N/c1-3-4-9-5-7-10(11-2)8-6-9;1-2-4-8-7(3-1)5-6-9-8/h3-8H,1-2H3;1-6,9H/b4-3+;. The molecule has 3 rings (SSSR count). The van der Waals surface area contributed by atoms with E-state index < -0.39 is 0 Å². The van der Waals surface area contributed by atoms with E-state index in [0.717, 1.165) is 5.75 Å². The number of fused-ring (bicyclic) bond motifs is 1. The fraction of sp³-hybridized carbons (Fsp3) is 0.111. The number of hydrogen-bond acceptors (Lipinski definition) is 1. The van der Waals surface area contributed by atoms with Crippen LogP contribution in [0.25, 0.3) is 17.0 Å². The molecule has 20 heavy (non-hydrogen) atoms. The molecule has 2 aromatic carbocycles. The van der Waals surface area contributed by atoms with Crippen LogP contribution in [0, 0.1) is 0 Å². The van der Waals surface area contributed by atoms with Crippen LogP contribution in [0.2, 0.25) is 0 Å². The third-order valence-electron chi connectivity index (χ3n) is 2.94. The number of benzene rings is 2. The number of aromatic nitrogens is 1. The first-order valence-electron chi connectivity index (χ1n) is 6.62. The zero-order valence-electron chi connectivity index (χ0n) is 11.8. The second kappa shape index (κ2) is 7.19. The molecule has 0 radical (unpaired) electrons. The van der Waals surface area contributed by atoms with E-state index in [-0.39, 0.29) is 0 Å². The van der Waals surface area contributed by atoms with E-state index in [2.05, 4.69) is 29.3 Å². The predicted octanol–water partition coefficient (Wildman–Crippen LogP) is 4.90. The van der Waals surface area contributed by atoms with Crippen molar-refractivity contribution in [2.24, 2.45) is 0 Å². The normalized spacial score (nSPS) is 10.3. The van der Waals surface area contributed by atoms with Gasteiger partial charge in [0, 0.05) is 11.7 Å². The Balaban J connectivity index is 0.000000149. The summed E-state index contributed by atoms with van der Waals surface area (Å²) in [5.74, 6) is 0.901. The summed E-state index contributed by atoms with van der Waals surface area (Å²) >= 11 is 0. The van der Waals surface area contributed by atoms with E-state index in [1.807, 2.05) is 55.6 Å². The van der Waals surface area contributed by atoms with Crippen molar-refractivity contribution in [2.45, 2.75) is 6.92 Å². The van der Waals surface area contributed by atoms with Crippen molar-refractivity contribution < 1.29 is 4.74 Å². The van der Waals surface area contributed by atoms with Gasteiger partial charge in [0.2, 0.25) is 0 Å². The molecule has 102 valence electrons. The highest BCUT2D eigenvalue weighted by Gasteiger charge is 1.88. The summed E-state index contributed by atoms with van der Waals surface area (Å²) in [5.41, 5.74) is 2.41. The number of para-hydroxylation sites is 1. The van der Waals surface area contributed by atoms with E-state index in [0.29, 0.717) is 0 Å². The maximum absolute atomic E-state index is 5.02. The predicted molar refractivity (Wildman–Crippen MR) is 86.0 cm³/mol. The smallest absolute Gasteiger partial charge is 0.118 e. The van der Waals surface area contributed by atoms with Gasteiger partial charge in [-0.3, -0.25) is 0 Å². The van der Waals surface area contributed by atoms with Crippen molar-refractivity contribution in [3.8, 4) is 5.75 Å². The van der Waals surface area contributed by atoms with E-state index >= 15 is 0 Å². The lowest BCUT2D eigenvalue weighted by Gasteiger charge is -1.98. The summed E-state index contributed by atoms with van der Waals surface area (Å²) in [5, 5.41) is 1.28. The van der Waals surface area contributed by atoms with Crippen molar-refractivity contribution in [1.29, 1.82) is 0 Å². The zero-order valence-corrected chi connectivity index (χ0v) is 11.8. The molecule has 0 saturated heterocycles. The number of H-pyrrole nitrogens is 1. The SMILES string of the molecule is C/C=C/c1ccc(OC)cc1.c1ccc2[nH]ccc2c1. The first-order chi connectivity index (χ1) is 9.83. The fourth-order valence-corrected chi connectivity index (χ4v) is 1.90. The van der Waals surface area contributed by atoms with Gasteiger partial charge < -0.3 is 9.72 Å². The summed E-state index contributed by atoms with van der Waals surface area (Å²) in [4.78, 5) is 3.12. The molecule has 3 aromatic rings. The first-order valence-corrected chi connectivity index (χ1v) is 6.62. The quantitative estimate of drug-likeness (QED) is 0.700. The molecular formula is C18H19NO. The highest BCUT2D eigenvalue weighted by molar-refractivity contribution is 5.78. The molecule has 1 N–H and O–H groups in total. The Morgan fingerprint density at radius 2 is 1.70 bits per heavy atom. The number of aromatic amines is 1. The highest BCUT2D eigenvalue weighted by Crippen LogP contribution is 2.12. The van der Waals surface area contributed by atoms with E-state index in [4.69, 9.17) is 4.74 Å². The molecule has 0 saturated carbocycles. The monoisotopic (exact) mass is 265 g/mol. The van der Waals surface area contributed by atoms with Gasteiger partial charge >= 0.3 is 0 Å². The van der Waals surface area contributed by atoms with Gasteiger partial charge in [-0.2, -0.15) is 0 Å². The minimum Gasteiger partial charge on any atom is -0.497 e. The molecule has 2 nitrogen and oxygen atoms in total. The maximum Gasteiger partial charge on any atom is 0.118 e. The third-order valence-corrected chi connectivity index (χ3v) is 2.94. The van der Waals surface area contributed by atoms with E-state index in [1.54, 1.807) is 7.11 Å². The van der Waals surface area contributed by atoms with E-state index in [9.17, 15) is 0 Å². The summed E-state index contributed by atoms with van der Waals surface area (Å²) in [6, 6.07) is 18.2. The molecule has 2 heteroatoms. The average molecular weight is 265 g/mol. The topological polar surface area (TPSA) is 25.0 Å². The van der Waals surface area contributed by atoms with Crippen molar-refractivity contribution >= 4 is 17.0 Å².